The molecule has 0 bridgehead atoms. The maximum absolute atomic E-state index is 13.6. The third-order valence-corrected chi connectivity index (χ3v) is 4.41. The quantitative estimate of drug-likeness (QED) is 0.813. The van der Waals surface area contributed by atoms with E-state index in [2.05, 4.69) is 15.1 Å². The van der Waals surface area contributed by atoms with Gasteiger partial charge in [0.25, 0.3) is 5.72 Å². The zero-order valence-corrected chi connectivity index (χ0v) is 14.2. The number of pyridine rings is 1. The van der Waals surface area contributed by atoms with Gasteiger partial charge in [-0.05, 0) is 13.0 Å². The van der Waals surface area contributed by atoms with E-state index >= 15 is 0 Å². The third kappa shape index (κ3) is 3.15. The second-order valence-electron chi connectivity index (χ2n) is 5.33. The summed E-state index contributed by atoms with van der Waals surface area (Å²) in [4.78, 5) is 19.4. The van der Waals surface area contributed by atoms with Crippen molar-refractivity contribution in [2.45, 2.75) is 25.2 Å². The fraction of sp³-hybridized carbons (Fsp3) is 0.333. The van der Waals surface area contributed by atoms with Crippen LogP contribution in [0.5, 0.6) is 0 Å². The van der Waals surface area contributed by atoms with Crippen molar-refractivity contribution in [2.75, 3.05) is 11.6 Å². The molecule has 0 radical (unpaired) electrons. The number of halogens is 3. The van der Waals surface area contributed by atoms with Gasteiger partial charge in [0.2, 0.25) is 5.13 Å². The van der Waals surface area contributed by atoms with E-state index in [0.717, 1.165) is 11.3 Å². The lowest BCUT2D eigenvalue weighted by atomic mass is 10.0. The number of esters is 1. The first-order chi connectivity index (χ1) is 12.3. The van der Waals surface area contributed by atoms with Gasteiger partial charge in [-0.2, -0.15) is 23.3 Å². The van der Waals surface area contributed by atoms with Gasteiger partial charge in [0.1, 0.15) is 0 Å². The predicted molar refractivity (Wildman–Crippen MR) is 86.9 cm³/mol. The first-order valence-corrected chi connectivity index (χ1v) is 8.34. The number of carbonyl (C=O) groups is 1. The number of hydrogen-bond donors (Lipinski definition) is 1. The molecule has 3 rings (SSSR count). The van der Waals surface area contributed by atoms with Gasteiger partial charge in [-0.15, -0.1) is 11.3 Å². The van der Waals surface area contributed by atoms with E-state index in [4.69, 9.17) is 4.74 Å². The molecule has 3 heterocycles. The van der Waals surface area contributed by atoms with E-state index in [0.29, 0.717) is 10.6 Å². The molecule has 26 heavy (non-hydrogen) atoms. The Hall–Kier alpha value is -2.53. The highest BCUT2D eigenvalue weighted by Crippen LogP contribution is 2.44. The number of alkyl halides is 3. The third-order valence-electron chi connectivity index (χ3n) is 3.59. The van der Waals surface area contributed by atoms with Crippen LogP contribution >= 0.6 is 11.3 Å². The van der Waals surface area contributed by atoms with E-state index in [-0.39, 0.29) is 23.1 Å². The number of ether oxygens (including phenoxy) is 1. The largest absolute Gasteiger partial charge is 0.461 e. The summed E-state index contributed by atoms with van der Waals surface area (Å²) < 4.78 is 45.5. The zero-order chi connectivity index (χ0) is 18.9. The van der Waals surface area contributed by atoms with Crippen molar-refractivity contribution < 1.29 is 27.8 Å². The van der Waals surface area contributed by atoms with Crippen LogP contribution in [0.15, 0.2) is 35.0 Å². The average molecular weight is 386 g/mol. The zero-order valence-electron chi connectivity index (χ0n) is 13.4. The summed E-state index contributed by atoms with van der Waals surface area (Å²) in [5, 5.41) is 15.6. The minimum atomic E-state index is -5.00. The maximum Gasteiger partial charge on any atom is 0.438 e. The molecule has 1 aliphatic rings. The predicted octanol–water partition coefficient (Wildman–Crippen LogP) is 2.58. The molecule has 0 fully saturated rings. The highest BCUT2D eigenvalue weighted by Gasteiger charge is 2.62. The van der Waals surface area contributed by atoms with Crippen molar-refractivity contribution in [3.8, 4) is 0 Å². The molecule has 0 saturated carbocycles. The highest BCUT2D eigenvalue weighted by atomic mass is 32.1. The SMILES string of the molecule is CCOC(=O)c1csc(N2N=C(c3cccnc3)C[C@@]2(O)C(F)(F)F)n1. The van der Waals surface area contributed by atoms with Crippen LogP contribution in [0, 0.1) is 0 Å². The number of nitrogens with zero attached hydrogens (tertiary/aromatic N) is 4. The molecule has 138 valence electrons. The van der Waals surface area contributed by atoms with E-state index in [9.17, 15) is 23.1 Å². The normalized spacial score (nSPS) is 20.2. The minimum absolute atomic E-state index is 0.00538. The number of aromatic nitrogens is 2. The molecule has 2 aromatic rings. The van der Waals surface area contributed by atoms with Gasteiger partial charge in [-0.25, -0.2) is 9.78 Å². The highest BCUT2D eigenvalue weighted by molar-refractivity contribution is 7.14. The number of thiazole rings is 1. The number of aliphatic hydroxyl groups is 1. The minimum Gasteiger partial charge on any atom is -0.461 e. The first kappa shape index (κ1) is 18.3. The summed E-state index contributed by atoms with van der Waals surface area (Å²) in [6.07, 6.45) is -2.98. The molecule has 1 aliphatic heterocycles. The van der Waals surface area contributed by atoms with Crippen LogP contribution in [0.2, 0.25) is 0 Å². The van der Waals surface area contributed by atoms with Crippen molar-refractivity contribution >= 4 is 28.1 Å². The number of anilines is 1. The van der Waals surface area contributed by atoms with Crippen molar-refractivity contribution in [1.29, 1.82) is 0 Å². The standard InChI is InChI=1S/C15H13F3N4O3S/c1-2-25-12(23)11-8-26-13(20-11)22-14(24,15(16,17)18)6-10(21-22)9-4-3-5-19-7-9/h3-5,7-8,24H,2,6H2,1H3/t14-/m1/s1. The topological polar surface area (TPSA) is 87.9 Å². The summed E-state index contributed by atoms with van der Waals surface area (Å²) in [5.41, 5.74) is -3.07. The lowest BCUT2D eigenvalue weighted by molar-refractivity contribution is -0.254. The molecular formula is C15H13F3N4O3S. The van der Waals surface area contributed by atoms with Gasteiger partial charge in [-0.3, -0.25) is 4.98 Å². The molecule has 0 saturated heterocycles. The van der Waals surface area contributed by atoms with Gasteiger partial charge in [0, 0.05) is 23.3 Å². The monoisotopic (exact) mass is 386 g/mol. The van der Waals surface area contributed by atoms with E-state index < -0.39 is 24.3 Å². The summed E-state index contributed by atoms with van der Waals surface area (Å²) in [5.74, 6) is -0.763. The molecular weight excluding hydrogens is 373 g/mol. The lowest BCUT2D eigenvalue weighted by Gasteiger charge is -2.32. The number of rotatable bonds is 4. The van der Waals surface area contributed by atoms with Gasteiger partial charge in [0.05, 0.1) is 18.7 Å². The maximum atomic E-state index is 13.6. The Morgan fingerprint density at radius 2 is 2.27 bits per heavy atom. The fourth-order valence-electron chi connectivity index (χ4n) is 2.32. The van der Waals surface area contributed by atoms with Crippen LogP contribution in [0.3, 0.4) is 0 Å². The molecule has 7 nitrogen and oxygen atoms in total. The molecule has 0 spiro atoms. The Labute approximate surface area is 149 Å². The lowest BCUT2D eigenvalue weighted by Crippen LogP contribution is -2.55. The number of hydrogen-bond acceptors (Lipinski definition) is 8. The van der Waals surface area contributed by atoms with Crippen LogP contribution in [-0.2, 0) is 4.74 Å². The van der Waals surface area contributed by atoms with Crippen molar-refractivity contribution in [3.05, 3.63) is 41.2 Å². The Bertz CT molecular complexity index is 840. The molecule has 0 amide bonds. The second-order valence-corrected chi connectivity index (χ2v) is 6.16. The summed E-state index contributed by atoms with van der Waals surface area (Å²) in [6.45, 7) is 1.70. The second kappa shape index (κ2) is 6.65. The van der Waals surface area contributed by atoms with Crippen LogP contribution < -0.4 is 5.01 Å². The van der Waals surface area contributed by atoms with Gasteiger partial charge < -0.3 is 9.84 Å². The first-order valence-electron chi connectivity index (χ1n) is 7.46. The number of carbonyl (C=O) groups excluding carboxylic acids is 1. The van der Waals surface area contributed by atoms with Crippen molar-refractivity contribution in [3.63, 3.8) is 0 Å². The molecule has 0 unspecified atom stereocenters. The van der Waals surface area contributed by atoms with E-state index in [1.54, 1.807) is 13.0 Å². The molecule has 2 aromatic heterocycles. The van der Waals surface area contributed by atoms with Gasteiger partial charge >= 0.3 is 12.1 Å². The smallest absolute Gasteiger partial charge is 0.438 e. The van der Waals surface area contributed by atoms with Crippen LogP contribution in [0.1, 0.15) is 29.4 Å². The molecule has 1 atom stereocenters. The van der Waals surface area contributed by atoms with Crippen LogP contribution in [0.4, 0.5) is 18.3 Å². The fourth-order valence-corrected chi connectivity index (χ4v) is 3.13. The summed E-state index contributed by atoms with van der Waals surface area (Å²) in [7, 11) is 0. The average Bonchev–Trinajstić information content (AvgIpc) is 3.20. The Morgan fingerprint density at radius 3 is 2.88 bits per heavy atom. The Morgan fingerprint density at radius 1 is 1.50 bits per heavy atom. The Balaban J connectivity index is 2.01. The van der Waals surface area contributed by atoms with E-state index in [1.165, 1.54) is 23.8 Å². The van der Waals surface area contributed by atoms with Crippen LogP contribution in [-0.4, -0.2) is 45.3 Å². The van der Waals surface area contributed by atoms with Crippen molar-refractivity contribution in [2.24, 2.45) is 5.10 Å². The van der Waals surface area contributed by atoms with E-state index in [1.807, 2.05) is 0 Å². The molecule has 0 aromatic carbocycles. The van der Waals surface area contributed by atoms with Gasteiger partial charge in [-0.1, -0.05) is 6.07 Å². The molecule has 0 aliphatic carbocycles. The van der Waals surface area contributed by atoms with Gasteiger partial charge in [0.15, 0.2) is 5.69 Å². The summed E-state index contributed by atoms with van der Waals surface area (Å²) in [6, 6.07) is 3.09. The summed E-state index contributed by atoms with van der Waals surface area (Å²) >= 11 is 0.748. The molecule has 1 N–H and O–H groups in total. The van der Waals surface area contributed by atoms with Crippen LogP contribution in [0.25, 0.3) is 0 Å². The van der Waals surface area contributed by atoms with Crippen molar-refractivity contribution in [1.82, 2.24) is 9.97 Å². The molecule has 11 heteroatoms. The Kier molecular flexibility index (Phi) is 4.67. The number of hydrazone groups is 1.